The number of ether oxygens (including phenoxy) is 1. The number of allylic oxidation sites excluding steroid dienone is 1. The summed E-state index contributed by atoms with van der Waals surface area (Å²) in [6, 6.07) is 0. The van der Waals surface area contributed by atoms with Crippen LogP contribution < -0.4 is 0 Å². The highest BCUT2D eigenvalue weighted by atomic mass is 16.5. The van der Waals surface area contributed by atoms with E-state index in [0.29, 0.717) is 13.0 Å². The highest BCUT2D eigenvalue weighted by molar-refractivity contribution is 5.69. The summed E-state index contributed by atoms with van der Waals surface area (Å²) in [4.78, 5) is 11.5. The van der Waals surface area contributed by atoms with Gasteiger partial charge in [-0.15, -0.1) is 0 Å². The van der Waals surface area contributed by atoms with Crippen molar-refractivity contribution < 1.29 is 9.53 Å². The lowest BCUT2D eigenvalue weighted by Gasteiger charge is -2.04. The van der Waals surface area contributed by atoms with Crippen LogP contribution in [0.3, 0.4) is 0 Å². The molecule has 0 fully saturated rings. The molecule has 2 nitrogen and oxygen atoms in total. The predicted octanol–water partition coefficient (Wildman–Crippen LogP) is 7.76. The lowest BCUT2D eigenvalue weighted by Crippen LogP contribution is -2.03. The Kier molecular flexibility index (Phi) is 20.6. The van der Waals surface area contributed by atoms with Gasteiger partial charge in [0.05, 0.1) is 0 Å². The number of carbonyl (C=O) groups is 1. The van der Waals surface area contributed by atoms with Gasteiger partial charge < -0.3 is 4.74 Å². The Morgan fingerprint density at radius 2 is 1.08 bits per heavy atom. The van der Waals surface area contributed by atoms with Crippen LogP contribution in [-0.2, 0) is 9.53 Å². The molecule has 0 N–H and O–H groups in total. The highest BCUT2D eigenvalue weighted by Gasteiger charge is 2.01. The molecular formula is C23H44O2. The van der Waals surface area contributed by atoms with Crippen LogP contribution in [0.2, 0.25) is 0 Å². The van der Waals surface area contributed by atoms with Gasteiger partial charge in [0.1, 0.15) is 6.61 Å². The summed E-state index contributed by atoms with van der Waals surface area (Å²) in [7, 11) is 0. The third-order valence-corrected chi connectivity index (χ3v) is 4.73. The molecule has 0 aliphatic heterocycles. The average molecular weight is 353 g/mol. The van der Waals surface area contributed by atoms with Crippen molar-refractivity contribution in [1.29, 1.82) is 0 Å². The highest BCUT2D eigenvalue weighted by Crippen LogP contribution is 2.13. The van der Waals surface area contributed by atoms with Crippen molar-refractivity contribution in [3.05, 3.63) is 12.2 Å². The molecule has 0 saturated carbocycles. The minimum absolute atomic E-state index is 0.0459. The number of rotatable bonds is 19. The van der Waals surface area contributed by atoms with Crippen LogP contribution in [0, 0.1) is 0 Å². The van der Waals surface area contributed by atoms with Crippen molar-refractivity contribution in [2.45, 2.75) is 123 Å². The topological polar surface area (TPSA) is 26.3 Å². The normalized spacial score (nSPS) is 11.3. The maximum Gasteiger partial charge on any atom is 0.306 e. The summed E-state index contributed by atoms with van der Waals surface area (Å²) in [5, 5.41) is 0. The smallest absolute Gasteiger partial charge is 0.306 e. The van der Waals surface area contributed by atoms with E-state index in [1.807, 2.05) is 12.2 Å². The zero-order valence-electron chi connectivity index (χ0n) is 17.2. The molecule has 0 aromatic rings. The van der Waals surface area contributed by atoms with Crippen molar-refractivity contribution in [2.24, 2.45) is 0 Å². The van der Waals surface area contributed by atoms with E-state index in [1.165, 1.54) is 83.5 Å². The van der Waals surface area contributed by atoms with Crippen LogP contribution in [0.5, 0.6) is 0 Å². The lowest BCUT2D eigenvalue weighted by molar-refractivity contribution is -0.142. The van der Waals surface area contributed by atoms with Crippen LogP contribution in [0.15, 0.2) is 12.2 Å². The number of hydrogen-bond donors (Lipinski definition) is 0. The van der Waals surface area contributed by atoms with E-state index in [0.717, 1.165) is 19.3 Å². The van der Waals surface area contributed by atoms with Crippen LogP contribution in [0.4, 0.5) is 0 Å². The fraction of sp³-hybridized carbons (Fsp3) is 0.870. The van der Waals surface area contributed by atoms with Gasteiger partial charge in [0, 0.05) is 6.42 Å². The molecule has 2 heteroatoms. The SMILES string of the molecule is CCC=CCOC(=O)CCCCCCCCCCCCCCCCC. The van der Waals surface area contributed by atoms with Crippen LogP contribution >= 0.6 is 0 Å². The number of hydrogen-bond acceptors (Lipinski definition) is 2. The first kappa shape index (κ1) is 24.2. The van der Waals surface area contributed by atoms with E-state index < -0.39 is 0 Å². The summed E-state index contributed by atoms with van der Waals surface area (Å²) in [5.41, 5.74) is 0. The van der Waals surface area contributed by atoms with Gasteiger partial charge in [0.2, 0.25) is 0 Å². The second kappa shape index (κ2) is 21.3. The predicted molar refractivity (Wildman–Crippen MR) is 110 cm³/mol. The molecule has 0 aliphatic carbocycles. The standard InChI is InChI=1S/C23H44O2/c1-3-5-7-8-9-10-11-12-13-14-15-16-17-18-19-21-23(24)25-22-20-6-4-2/h6,20H,3-5,7-19,21-22H2,1-2H3. The van der Waals surface area contributed by atoms with Crippen LogP contribution in [0.1, 0.15) is 123 Å². The van der Waals surface area contributed by atoms with Gasteiger partial charge in [-0.3, -0.25) is 4.79 Å². The van der Waals surface area contributed by atoms with Crippen molar-refractivity contribution >= 4 is 5.97 Å². The fourth-order valence-corrected chi connectivity index (χ4v) is 3.09. The summed E-state index contributed by atoms with van der Waals surface area (Å²) in [6.07, 6.45) is 25.8. The zero-order valence-corrected chi connectivity index (χ0v) is 17.2. The number of unbranched alkanes of at least 4 members (excludes halogenated alkanes) is 14. The molecule has 25 heavy (non-hydrogen) atoms. The molecule has 0 radical (unpaired) electrons. The molecule has 0 amide bonds. The van der Waals surface area contributed by atoms with E-state index in [9.17, 15) is 4.79 Å². The summed E-state index contributed by atoms with van der Waals surface area (Å²) >= 11 is 0. The third kappa shape index (κ3) is 21.2. The second-order valence-corrected chi connectivity index (χ2v) is 7.26. The Bertz CT molecular complexity index is 296. The Hall–Kier alpha value is -0.790. The van der Waals surface area contributed by atoms with Gasteiger partial charge in [-0.05, 0) is 12.8 Å². The summed E-state index contributed by atoms with van der Waals surface area (Å²) in [6.45, 7) is 4.79. The van der Waals surface area contributed by atoms with Gasteiger partial charge in [-0.2, -0.15) is 0 Å². The molecule has 0 saturated heterocycles. The molecule has 0 aromatic heterocycles. The Morgan fingerprint density at radius 1 is 0.640 bits per heavy atom. The minimum atomic E-state index is -0.0459. The zero-order chi connectivity index (χ0) is 18.4. The van der Waals surface area contributed by atoms with Gasteiger partial charge in [0.15, 0.2) is 0 Å². The van der Waals surface area contributed by atoms with Gasteiger partial charge in [0.25, 0.3) is 0 Å². The van der Waals surface area contributed by atoms with Crippen LogP contribution in [-0.4, -0.2) is 12.6 Å². The van der Waals surface area contributed by atoms with Crippen molar-refractivity contribution in [1.82, 2.24) is 0 Å². The fourth-order valence-electron chi connectivity index (χ4n) is 3.09. The van der Waals surface area contributed by atoms with Crippen molar-refractivity contribution in [2.75, 3.05) is 6.61 Å². The molecule has 0 aromatic carbocycles. The summed E-state index contributed by atoms with van der Waals surface area (Å²) in [5.74, 6) is -0.0459. The van der Waals surface area contributed by atoms with E-state index in [4.69, 9.17) is 4.74 Å². The van der Waals surface area contributed by atoms with Gasteiger partial charge in [-0.1, -0.05) is 116 Å². The Morgan fingerprint density at radius 3 is 1.52 bits per heavy atom. The first-order valence-corrected chi connectivity index (χ1v) is 11.1. The molecule has 0 unspecified atom stereocenters. The minimum Gasteiger partial charge on any atom is -0.461 e. The molecule has 0 rings (SSSR count). The van der Waals surface area contributed by atoms with Crippen LogP contribution in [0.25, 0.3) is 0 Å². The van der Waals surface area contributed by atoms with Gasteiger partial charge in [-0.25, -0.2) is 0 Å². The van der Waals surface area contributed by atoms with E-state index >= 15 is 0 Å². The lowest BCUT2D eigenvalue weighted by atomic mass is 10.0. The average Bonchev–Trinajstić information content (AvgIpc) is 2.62. The first-order chi connectivity index (χ1) is 12.3. The van der Waals surface area contributed by atoms with Crippen molar-refractivity contribution in [3.8, 4) is 0 Å². The van der Waals surface area contributed by atoms with E-state index in [-0.39, 0.29) is 5.97 Å². The van der Waals surface area contributed by atoms with Gasteiger partial charge >= 0.3 is 5.97 Å². The quantitative estimate of drug-likeness (QED) is 0.135. The molecule has 148 valence electrons. The Balaban J connectivity index is 3.11. The molecule has 0 bridgehead atoms. The number of carbonyl (C=O) groups excluding carboxylic acids is 1. The molecule has 0 atom stereocenters. The maximum atomic E-state index is 11.5. The van der Waals surface area contributed by atoms with E-state index in [1.54, 1.807) is 0 Å². The summed E-state index contributed by atoms with van der Waals surface area (Å²) < 4.78 is 5.14. The monoisotopic (exact) mass is 352 g/mol. The second-order valence-electron chi connectivity index (χ2n) is 7.26. The molecular weight excluding hydrogens is 308 g/mol. The molecule has 0 aliphatic rings. The maximum absolute atomic E-state index is 11.5. The van der Waals surface area contributed by atoms with Crippen molar-refractivity contribution in [3.63, 3.8) is 0 Å². The molecule has 0 heterocycles. The first-order valence-electron chi connectivity index (χ1n) is 11.1. The largest absolute Gasteiger partial charge is 0.461 e. The Labute approximate surface area is 157 Å². The molecule has 0 spiro atoms. The van der Waals surface area contributed by atoms with E-state index in [2.05, 4.69) is 13.8 Å². The number of esters is 1. The third-order valence-electron chi connectivity index (χ3n) is 4.73.